The lowest BCUT2D eigenvalue weighted by Gasteiger charge is -2.22. The van der Waals surface area contributed by atoms with Crippen LogP contribution in [0.15, 0.2) is 12.1 Å². The minimum atomic E-state index is -0.392. The fourth-order valence-corrected chi connectivity index (χ4v) is 1.62. The molecule has 0 amide bonds. The monoisotopic (exact) mass is 268 g/mol. The second kappa shape index (κ2) is 6.94. The Morgan fingerprint density at radius 2 is 1.84 bits per heavy atom. The van der Waals surface area contributed by atoms with E-state index >= 15 is 0 Å². The molecule has 1 aromatic carbocycles. The maximum absolute atomic E-state index is 11.0. The van der Waals surface area contributed by atoms with Crippen LogP contribution in [-0.4, -0.2) is 44.1 Å². The number of nitro groups is 1. The maximum Gasteiger partial charge on any atom is 0.294 e. The standard InChI is InChI=1S/C12H20N4O2.CH4/c1-9-7-11(15(4)6-5-14(2)3)12(16(17)18)8-10(9)13;/h7-8H,5-6,13H2,1-4H3;1H4. The van der Waals surface area contributed by atoms with Crippen LogP contribution in [-0.2, 0) is 0 Å². The second-order valence-electron chi connectivity index (χ2n) is 4.68. The summed E-state index contributed by atoms with van der Waals surface area (Å²) in [4.78, 5) is 14.6. The van der Waals surface area contributed by atoms with Gasteiger partial charge in [0.1, 0.15) is 5.69 Å². The van der Waals surface area contributed by atoms with Crippen LogP contribution >= 0.6 is 0 Å². The van der Waals surface area contributed by atoms with Crippen LogP contribution < -0.4 is 10.6 Å². The van der Waals surface area contributed by atoms with E-state index in [0.717, 1.165) is 18.7 Å². The number of nitrogens with zero attached hydrogens (tertiary/aromatic N) is 3. The summed E-state index contributed by atoms with van der Waals surface area (Å²) >= 11 is 0. The minimum absolute atomic E-state index is 0. The number of aryl methyl sites for hydroxylation is 1. The van der Waals surface area contributed by atoms with Crippen molar-refractivity contribution in [3.05, 3.63) is 27.8 Å². The van der Waals surface area contributed by atoms with Crippen molar-refractivity contribution in [3.63, 3.8) is 0 Å². The van der Waals surface area contributed by atoms with Gasteiger partial charge in [-0.15, -0.1) is 0 Å². The summed E-state index contributed by atoms with van der Waals surface area (Å²) < 4.78 is 0. The van der Waals surface area contributed by atoms with Crippen LogP contribution in [0, 0.1) is 17.0 Å². The highest BCUT2D eigenvalue weighted by Gasteiger charge is 2.18. The Hall–Kier alpha value is -1.82. The Morgan fingerprint density at radius 3 is 2.32 bits per heavy atom. The lowest BCUT2D eigenvalue weighted by Crippen LogP contribution is -2.29. The van der Waals surface area contributed by atoms with E-state index in [1.807, 2.05) is 37.9 Å². The molecule has 6 heteroatoms. The van der Waals surface area contributed by atoms with Crippen LogP contribution in [0.3, 0.4) is 0 Å². The van der Waals surface area contributed by atoms with Crippen molar-refractivity contribution < 1.29 is 4.92 Å². The summed E-state index contributed by atoms with van der Waals surface area (Å²) in [6.45, 7) is 3.40. The summed E-state index contributed by atoms with van der Waals surface area (Å²) in [6, 6.07) is 3.19. The van der Waals surface area contributed by atoms with Gasteiger partial charge in [-0.3, -0.25) is 10.1 Å². The zero-order valence-corrected chi connectivity index (χ0v) is 11.3. The van der Waals surface area contributed by atoms with Gasteiger partial charge >= 0.3 is 0 Å². The summed E-state index contributed by atoms with van der Waals surface area (Å²) in [7, 11) is 5.79. The van der Waals surface area contributed by atoms with Gasteiger partial charge in [-0.1, -0.05) is 7.43 Å². The predicted molar refractivity (Wildman–Crippen MR) is 80.8 cm³/mol. The molecule has 0 radical (unpaired) electrons. The van der Waals surface area contributed by atoms with Crippen molar-refractivity contribution >= 4 is 17.1 Å². The molecule has 0 atom stereocenters. The number of benzene rings is 1. The van der Waals surface area contributed by atoms with Crippen molar-refractivity contribution in [3.8, 4) is 0 Å². The molecule has 6 nitrogen and oxygen atoms in total. The number of nitrogen functional groups attached to an aromatic ring is 1. The Labute approximate surface area is 115 Å². The first-order valence-corrected chi connectivity index (χ1v) is 5.73. The lowest BCUT2D eigenvalue weighted by molar-refractivity contribution is -0.384. The van der Waals surface area contributed by atoms with Crippen molar-refractivity contribution in [2.75, 3.05) is 44.9 Å². The number of hydrogen-bond donors (Lipinski definition) is 1. The molecule has 0 aliphatic carbocycles. The van der Waals surface area contributed by atoms with E-state index in [4.69, 9.17) is 5.73 Å². The summed E-state index contributed by atoms with van der Waals surface area (Å²) in [5.41, 5.74) is 7.68. The molecule has 0 spiro atoms. The number of nitro benzene ring substituents is 1. The third kappa shape index (κ3) is 4.40. The molecular formula is C13H24N4O2. The first-order chi connectivity index (χ1) is 8.32. The van der Waals surface area contributed by atoms with Crippen LogP contribution in [0.5, 0.6) is 0 Å². The molecular weight excluding hydrogens is 244 g/mol. The SMILES string of the molecule is C.Cc1cc(N(C)CCN(C)C)c([N+](=O)[O-])cc1N. The number of hydrogen-bond acceptors (Lipinski definition) is 5. The third-order valence-corrected chi connectivity index (χ3v) is 2.85. The predicted octanol–water partition coefficient (Wildman–Crippen LogP) is 2.12. The Balaban J connectivity index is 0.00000324. The molecule has 0 heterocycles. The average Bonchev–Trinajstić information content (AvgIpc) is 2.28. The first-order valence-electron chi connectivity index (χ1n) is 5.73. The molecule has 0 saturated carbocycles. The summed E-state index contributed by atoms with van der Waals surface area (Å²) in [5.74, 6) is 0. The Kier molecular flexibility index (Phi) is 6.27. The molecule has 0 aliphatic heterocycles. The van der Waals surface area contributed by atoms with E-state index in [0.29, 0.717) is 11.4 Å². The summed E-state index contributed by atoms with van der Waals surface area (Å²) in [6.07, 6.45) is 0. The number of likely N-dealkylation sites (N-methyl/N-ethyl adjacent to an activating group) is 2. The van der Waals surface area contributed by atoms with E-state index in [1.54, 1.807) is 6.07 Å². The number of anilines is 2. The largest absolute Gasteiger partial charge is 0.398 e. The molecule has 2 N–H and O–H groups in total. The van der Waals surface area contributed by atoms with E-state index in [2.05, 4.69) is 0 Å². The quantitative estimate of drug-likeness (QED) is 0.503. The molecule has 0 aliphatic rings. The van der Waals surface area contributed by atoms with Gasteiger partial charge in [0.2, 0.25) is 0 Å². The third-order valence-electron chi connectivity index (χ3n) is 2.85. The van der Waals surface area contributed by atoms with Gasteiger partial charge in [-0.2, -0.15) is 0 Å². The average molecular weight is 268 g/mol. The first kappa shape index (κ1) is 17.2. The topological polar surface area (TPSA) is 75.6 Å². The highest BCUT2D eigenvalue weighted by atomic mass is 16.6. The van der Waals surface area contributed by atoms with E-state index in [1.165, 1.54) is 6.07 Å². The van der Waals surface area contributed by atoms with Gasteiger partial charge in [0.25, 0.3) is 5.69 Å². The molecule has 0 fully saturated rings. The minimum Gasteiger partial charge on any atom is -0.398 e. The van der Waals surface area contributed by atoms with E-state index in [-0.39, 0.29) is 13.1 Å². The van der Waals surface area contributed by atoms with Gasteiger partial charge in [-0.25, -0.2) is 0 Å². The van der Waals surface area contributed by atoms with Gasteiger partial charge < -0.3 is 15.5 Å². The van der Waals surface area contributed by atoms with Gasteiger partial charge in [0.15, 0.2) is 0 Å². The molecule has 0 bridgehead atoms. The fraction of sp³-hybridized carbons (Fsp3) is 0.538. The normalized spacial score (nSPS) is 10.2. The molecule has 0 aromatic heterocycles. The summed E-state index contributed by atoms with van der Waals surface area (Å²) in [5, 5.41) is 11.0. The van der Waals surface area contributed by atoms with Crippen LogP contribution in [0.25, 0.3) is 0 Å². The van der Waals surface area contributed by atoms with Crippen molar-refractivity contribution in [2.24, 2.45) is 0 Å². The Bertz CT molecular complexity index is 447. The van der Waals surface area contributed by atoms with Crippen LogP contribution in [0.4, 0.5) is 17.1 Å². The van der Waals surface area contributed by atoms with E-state index in [9.17, 15) is 10.1 Å². The molecule has 1 rings (SSSR count). The van der Waals surface area contributed by atoms with Crippen molar-refractivity contribution in [1.29, 1.82) is 0 Å². The number of nitrogens with two attached hydrogens (primary N) is 1. The van der Waals surface area contributed by atoms with E-state index < -0.39 is 4.92 Å². The molecule has 19 heavy (non-hydrogen) atoms. The van der Waals surface area contributed by atoms with Gasteiger partial charge in [0, 0.05) is 31.9 Å². The zero-order valence-electron chi connectivity index (χ0n) is 11.3. The number of rotatable bonds is 5. The second-order valence-corrected chi connectivity index (χ2v) is 4.68. The van der Waals surface area contributed by atoms with Crippen molar-refractivity contribution in [2.45, 2.75) is 14.4 Å². The maximum atomic E-state index is 11.0. The lowest BCUT2D eigenvalue weighted by atomic mass is 10.1. The van der Waals surface area contributed by atoms with Crippen LogP contribution in [0.1, 0.15) is 13.0 Å². The fourth-order valence-electron chi connectivity index (χ4n) is 1.62. The van der Waals surface area contributed by atoms with Crippen LogP contribution in [0.2, 0.25) is 0 Å². The Morgan fingerprint density at radius 1 is 1.26 bits per heavy atom. The van der Waals surface area contributed by atoms with Crippen molar-refractivity contribution in [1.82, 2.24) is 4.90 Å². The van der Waals surface area contributed by atoms with Gasteiger partial charge in [-0.05, 0) is 32.6 Å². The molecule has 0 saturated heterocycles. The smallest absolute Gasteiger partial charge is 0.294 e. The van der Waals surface area contributed by atoms with Gasteiger partial charge in [0.05, 0.1) is 4.92 Å². The highest BCUT2D eigenvalue weighted by molar-refractivity contribution is 5.70. The molecule has 0 unspecified atom stereocenters. The highest BCUT2D eigenvalue weighted by Crippen LogP contribution is 2.31. The zero-order chi connectivity index (χ0) is 13.9. The molecule has 108 valence electrons. The molecule has 1 aromatic rings.